The molecule has 4 heterocycles. The molecule has 0 N–H and O–H groups in total. The van der Waals surface area contributed by atoms with Crippen LogP contribution in [0, 0.1) is 6.92 Å². The molecule has 0 saturated carbocycles. The Morgan fingerprint density at radius 2 is 1.70 bits per heavy atom. The smallest absolute Gasteiger partial charge is 0.257 e. The molecule has 0 radical (unpaired) electrons. The van der Waals surface area contributed by atoms with Crippen LogP contribution >= 0.6 is 0 Å². The molecule has 3 aliphatic rings. The van der Waals surface area contributed by atoms with Gasteiger partial charge in [0.05, 0.1) is 24.6 Å². The van der Waals surface area contributed by atoms with Gasteiger partial charge in [0.1, 0.15) is 11.8 Å². The third-order valence-corrected chi connectivity index (χ3v) is 7.81. The van der Waals surface area contributed by atoms with Crippen LogP contribution in [-0.2, 0) is 22.6 Å². The van der Waals surface area contributed by atoms with E-state index in [4.69, 9.17) is 9.52 Å². The molecule has 3 aromatic rings. The molecule has 1 fully saturated rings. The van der Waals surface area contributed by atoms with Gasteiger partial charge in [-0.3, -0.25) is 14.5 Å². The molecule has 37 heavy (non-hydrogen) atoms. The fourth-order valence-electron chi connectivity index (χ4n) is 5.74. The van der Waals surface area contributed by atoms with E-state index in [0.29, 0.717) is 25.1 Å². The van der Waals surface area contributed by atoms with Crippen molar-refractivity contribution in [1.29, 1.82) is 0 Å². The molecule has 7 nitrogen and oxygen atoms in total. The first-order valence-electron chi connectivity index (χ1n) is 13.2. The number of amides is 2. The second-order valence-electron chi connectivity index (χ2n) is 10.3. The summed E-state index contributed by atoms with van der Waals surface area (Å²) < 4.78 is 5.72. The van der Waals surface area contributed by atoms with E-state index in [1.807, 2.05) is 46.2 Å². The van der Waals surface area contributed by atoms with Crippen LogP contribution < -0.4 is 0 Å². The summed E-state index contributed by atoms with van der Waals surface area (Å²) in [6.45, 7) is 4.35. The van der Waals surface area contributed by atoms with E-state index in [9.17, 15) is 9.59 Å². The van der Waals surface area contributed by atoms with Crippen LogP contribution in [0.4, 0.5) is 0 Å². The van der Waals surface area contributed by atoms with Crippen LogP contribution in [0.3, 0.4) is 0 Å². The fourth-order valence-corrected chi connectivity index (χ4v) is 5.74. The minimum absolute atomic E-state index is 0.123. The van der Waals surface area contributed by atoms with E-state index in [1.54, 1.807) is 11.3 Å². The van der Waals surface area contributed by atoms with Gasteiger partial charge in [-0.25, -0.2) is 5.01 Å². The second-order valence-corrected chi connectivity index (χ2v) is 10.3. The maximum Gasteiger partial charge on any atom is 0.257 e. The molecule has 6 rings (SSSR count). The highest BCUT2D eigenvalue weighted by Crippen LogP contribution is 2.34. The Labute approximate surface area is 217 Å². The number of hydrogen-bond acceptors (Lipinski definition) is 5. The van der Waals surface area contributed by atoms with Gasteiger partial charge < -0.3 is 9.32 Å². The number of hydrogen-bond donors (Lipinski definition) is 0. The SMILES string of the molecule is Cc1ccc(C2=NN(C(=O)CN3Cc4ccccc4CC3C(=O)N3CCCC3)C(c3ccco3)C2)cc1. The predicted octanol–water partition coefficient (Wildman–Crippen LogP) is 4.32. The number of nitrogens with zero attached hydrogens (tertiary/aromatic N) is 4. The lowest BCUT2D eigenvalue weighted by molar-refractivity contribution is -0.141. The van der Waals surface area contributed by atoms with Crippen LogP contribution in [-0.4, -0.2) is 58.0 Å². The number of fused-ring (bicyclic) bond motifs is 1. The molecule has 3 aliphatic heterocycles. The van der Waals surface area contributed by atoms with Crippen molar-refractivity contribution in [3.8, 4) is 0 Å². The van der Waals surface area contributed by atoms with Crippen molar-refractivity contribution in [3.05, 3.63) is 94.9 Å². The van der Waals surface area contributed by atoms with Gasteiger partial charge >= 0.3 is 0 Å². The fraction of sp³-hybridized carbons (Fsp3) is 0.367. The largest absolute Gasteiger partial charge is 0.467 e. The van der Waals surface area contributed by atoms with E-state index in [1.165, 1.54) is 16.7 Å². The van der Waals surface area contributed by atoms with Crippen LogP contribution in [0.15, 0.2) is 76.4 Å². The van der Waals surface area contributed by atoms with E-state index in [0.717, 1.165) is 37.2 Å². The summed E-state index contributed by atoms with van der Waals surface area (Å²) in [4.78, 5) is 31.4. The zero-order valence-electron chi connectivity index (χ0n) is 21.2. The Morgan fingerprint density at radius 1 is 0.946 bits per heavy atom. The summed E-state index contributed by atoms with van der Waals surface area (Å²) in [6.07, 6.45) is 4.93. The Kier molecular flexibility index (Phi) is 6.38. The lowest BCUT2D eigenvalue weighted by atomic mass is 9.93. The van der Waals surface area contributed by atoms with Crippen LogP contribution in [0.25, 0.3) is 0 Å². The normalized spacial score (nSPS) is 21.7. The lowest BCUT2D eigenvalue weighted by Gasteiger charge is -2.38. The van der Waals surface area contributed by atoms with Crippen molar-refractivity contribution in [3.63, 3.8) is 0 Å². The third-order valence-electron chi connectivity index (χ3n) is 7.81. The summed E-state index contributed by atoms with van der Waals surface area (Å²) in [5.41, 5.74) is 5.42. The Bertz CT molecular complexity index is 1310. The topological polar surface area (TPSA) is 69.4 Å². The van der Waals surface area contributed by atoms with Gasteiger partial charge in [-0.1, -0.05) is 54.1 Å². The molecule has 190 valence electrons. The van der Waals surface area contributed by atoms with Gasteiger partial charge in [0.15, 0.2) is 0 Å². The molecular weight excluding hydrogens is 464 g/mol. The summed E-state index contributed by atoms with van der Waals surface area (Å²) in [5.74, 6) is 0.725. The van der Waals surface area contributed by atoms with Gasteiger partial charge in [-0.2, -0.15) is 5.10 Å². The Balaban J connectivity index is 1.28. The molecule has 0 spiro atoms. The molecule has 0 aliphatic carbocycles. The maximum absolute atomic E-state index is 13.9. The number of rotatable bonds is 5. The number of benzene rings is 2. The van der Waals surface area contributed by atoms with Crippen LogP contribution in [0.5, 0.6) is 0 Å². The zero-order chi connectivity index (χ0) is 25.4. The molecule has 2 aromatic carbocycles. The number of likely N-dealkylation sites (tertiary alicyclic amines) is 1. The minimum Gasteiger partial charge on any atom is -0.467 e. The number of hydrazone groups is 1. The average molecular weight is 497 g/mol. The molecule has 2 amide bonds. The van der Waals surface area contributed by atoms with E-state index >= 15 is 0 Å². The van der Waals surface area contributed by atoms with Crippen LogP contribution in [0.1, 0.15) is 53.3 Å². The highest BCUT2D eigenvalue weighted by Gasteiger charge is 2.39. The number of carbonyl (C=O) groups is 2. The molecule has 2 unspecified atom stereocenters. The van der Waals surface area contributed by atoms with Crippen molar-refractivity contribution in [2.24, 2.45) is 5.10 Å². The van der Waals surface area contributed by atoms with Crippen molar-refractivity contribution in [2.45, 2.75) is 51.2 Å². The molecular formula is C30H32N4O3. The Hall–Kier alpha value is -3.71. The average Bonchev–Trinajstić information content (AvgIpc) is 3.70. The van der Waals surface area contributed by atoms with Crippen molar-refractivity contribution < 1.29 is 14.0 Å². The van der Waals surface area contributed by atoms with E-state index in [2.05, 4.69) is 31.2 Å². The van der Waals surface area contributed by atoms with Crippen molar-refractivity contribution in [1.82, 2.24) is 14.8 Å². The van der Waals surface area contributed by atoms with E-state index in [-0.39, 0.29) is 30.4 Å². The third kappa shape index (κ3) is 4.71. The van der Waals surface area contributed by atoms with Gasteiger partial charge in [0.25, 0.3) is 5.91 Å². The van der Waals surface area contributed by atoms with Crippen LogP contribution in [0.2, 0.25) is 0 Å². The number of furan rings is 1. The molecule has 0 bridgehead atoms. The summed E-state index contributed by atoms with van der Waals surface area (Å²) in [5, 5.41) is 6.38. The monoisotopic (exact) mass is 496 g/mol. The lowest BCUT2D eigenvalue weighted by Crippen LogP contribution is -2.53. The quantitative estimate of drug-likeness (QED) is 0.528. The van der Waals surface area contributed by atoms with E-state index < -0.39 is 0 Å². The number of carbonyl (C=O) groups excluding carboxylic acids is 2. The molecule has 7 heteroatoms. The summed E-state index contributed by atoms with van der Waals surface area (Å²) >= 11 is 0. The standard InChI is InChI=1S/C30H32N4O3/c1-21-10-12-22(13-11-21)25-18-26(28-9-6-16-37-28)34(31-25)29(35)20-33-19-24-8-3-2-7-23(24)17-27(33)30(36)32-14-4-5-15-32/h2-3,6-13,16,26-27H,4-5,14-15,17-20H2,1H3. The molecule has 1 saturated heterocycles. The second kappa shape index (κ2) is 9.98. The van der Waals surface area contributed by atoms with Gasteiger partial charge in [0, 0.05) is 26.1 Å². The minimum atomic E-state index is -0.345. The van der Waals surface area contributed by atoms with Gasteiger partial charge in [-0.15, -0.1) is 0 Å². The van der Waals surface area contributed by atoms with Crippen molar-refractivity contribution in [2.75, 3.05) is 19.6 Å². The molecule has 1 aromatic heterocycles. The highest BCUT2D eigenvalue weighted by atomic mass is 16.3. The number of aryl methyl sites for hydroxylation is 1. The highest BCUT2D eigenvalue weighted by molar-refractivity contribution is 6.03. The maximum atomic E-state index is 13.9. The summed E-state index contributed by atoms with van der Waals surface area (Å²) in [6, 6.07) is 19.6. The van der Waals surface area contributed by atoms with Gasteiger partial charge in [0.2, 0.25) is 5.91 Å². The first-order valence-corrected chi connectivity index (χ1v) is 13.2. The van der Waals surface area contributed by atoms with Gasteiger partial charge in [-0.05, 0) is 55.0 Å². The Morgan fingerprint density at radius 3 is 2.43 bits per heavy atom. The zero-order valence-corrected chi connectivity index (χ0v) is 21.2. The predicted molar refractivity (Wildman–Crippen MR) is 141 cm³/mol. The first-order chi connectivity index (χ1) is 18.1. The van der Waals surface area contributed by atoms with Crippen molar-refractivity contribution >= 4 is 17.5 Å². The summed E-state index contributed by atoms with van der Waals surface area (Å²) in [7, 11) is 0. The molecule has 2 atom stereocenters. The first kappa shape index (κ1) is 23.7.